The van der Waals surface area contributed by atoms with Crippen molar-refractivity contribution in [2.75, 3.05) is 0 Å². The predicted molar refractivity (Wildman–Crippen MR) is 574 cm³/mol. The Bertz CT molecular complexity index is 9520. The number of nitriles is 4. The fourth-order valence-electron chi connectivity index (χ4n) is 20.7. The van der Waals surface area contributed by atoms with Gasteiger partial charge in [0.1, 0.15) is 34.9 Å². The lowest BCUT2D eigenvalue weighted by Crippen LogP contribution is -2.05. The van der Waals surface area contributed by atoms with Gasteiger partial charge in [0.15, 0.2) is 5.69 Å². The monoisotopic (exact) mass is 1810 g/mol. The number of pyridine rings is 4. The van der Waals surface area contributed by atoms with Gasteiger partial charge in [-0.15, -0.1) is 0 Å². The quantitative estimate of drug-likeness (QED) is 0.108. The largest absolute Gasteiger partial charge is 0.294 e. The average Bonchev–Trinajstić information content (AvgIpc) is 1.58. The summed E-state index contributed by atoms with van der Waals surface area (Å²) in [6, 6.07) is 164. The molecule has 0 bridgehead atoms. The molecule has 0 unspecified atom stereocenters. The van der Waals surface area contributed by atoms with Crippen molar-refractivity contribution in [3.63, 3.8) is 0 Å². The van der Waals surface area contributed by atoms with E-state index in [1.54, 1.807) is 12.1 Å². The first-order valence-electron chi connectivity index (χ1n) is 46.7. The Morgan fingerprint density at radius 2 is 0.423 bits per heavy atom. The van der Waals surface area contributed by atoms with E-state index in [4.69, 9.17) is 26.5 Å². The lowest BCUT2D eigenvalue weighted by atomic mass is 9.98. The molecule has 27 aromatic rings. The lowest BCUT2D eigenvalue weighted by Gasteiger charge is -2.15. The zero-order valence-corrected chi connectivity index (χ0v) is 76.0. The minimum absolute atomic E-state index is 0.537. The van der Waals surface area contributed by atoms with Crippen molar-refractivity contribution >= 4 is 137 Å². The van der Waals surface area contributed by atoms with E-state index < -0.39 is 0 Å². The summed E-state index contributed by atoms with van der Waals surface area (Å²) in [5, 5.41) is 51.9. The highest BCUT2D eigenvalue weighted by Crippen LogP contribution is 2.45. The van der Waals surface area contributed by atoms with Gasteiger partial charge in [0.05, 0.1) is 131 Å². The van der Waals surface area contributed by atoms with E-state index in [0.29, 0.717) is 33.8 Å². The number of nitrogens with zero attached hydrogens (tertiary/aromatic N) is 15. The van der Waals surface area contributed by atoms with Crippen molar-refractivity contribution in [2.45, 2.75) is 0 Å². The van der Waals surface area contributed by atoms with Crippen LogP contribution in [0.2, 0.25) is 0 Å². The molecule has 0 N–H and O–H groups in total. The van der Waals surface area contributed by atoms with Crippen molar-refractivity contribution in [1.82, 2.24) is 47.3 Å². The second-order valence-corrected chi connectivity index (χ2v) is 35.2. The summed E-state index contributed by atoms with van der Waals surface area (Å²) in [5.41, 5.74) is 27.2. The predicted octanol–water partition coefficient (Wildman–Crippen LogP) is 31.3. The summed E-state index contributed by atoms with van der Waals surface area (Å²) < 4.78 is 13.4. The first kappa shape index (κ1) is 83.4. The molecule has 0 saturated carbocycles. The van der Waals surface area contributed by atoms with Crippen molar-refractivity contribution < 1.29 is 0 Å². The summed E-state index contributed by atoms with van der Waals surface area (Å²) in [6.07, 6.45) is 0. The van der Waals surface area contributed by atoms with Crippen LogP contribution in [0.25, 0.3) is 238 Å². The third-order valence-electron chi connectivity index (χ3n) is 27.1. The van der Waals surface area contributed by atoms with E-state index in [0.717, 1.165) is 184 Å². The number of hydrogen-bond donors (Lipinski definition) is 0. The highest BCUT2D eigenvalue weighted by molar-refractivity contribution is 6.15. The molecule has 0 radical (unpaired) electrons. The molecule has 0 spiro atoms. The first-order valence-corrected chi connectivity index (χ1v) is 46.7. The van der Waals surface area contributed by atoms with Gasteiger partial charge >= 0.3 is 0 Å². The van der Waals surface area contributed by atoms with Crippen LogP contribution in [-0.4, -0.2) is 47.3 Å². The molecule has 27 rings (SSSR count). The Morgan fingerprint density at radius 3 is 0.754 bits per heavy atom. The van der Waals surface area contributed by atoms with E-state index in [-0.39, 0.29) is 0 Å². The van der Waals surface area contributed by atoms with Gasteiger partial charge in [-0.25, -0.2) is 24.8 Å². The molecule has 0 amide bonds. The Hall–Kier alpha value is -20.4. The van der Waals surface area contributed by atoms with Gasteiger partial charge in [-0.2, -0.15) is 21.0 Å². The summed E-state index contributed by atoms with van der Waals surface area (Å²) >= 11 is 0. The molecule has 10 aromatic heterocycles. The molecule has 15 heteroatoms. The summed E-state index contributed by atoms with van der Waals surface area (Å²) in [7, 11) is 0. The first-order chi connectivity index (χ1) is 70.2. The molecule has 10 heterocycles. The van der Waals surface area contributed by atoms with Crippen LogP contribution >= 0.6 is 0 Å². The van der Waals surface area contributed by atoms with E-state index in [9.17, 15) is 21.0 Å². The minimum atomic E-state index is 0.537. The molecular weight excluding hydrogens is 1740 g/mol. The fraction of sp³-hybridized carbons (Fsp3) is 0. The summed E-state index contributed by atoms with van der Waals surface area (Å²) in [5.74, 6) is 4.78. The van der Waals surface area contributed by atoms with Crippen molar-refractivity contribution in [1.29, 1.82) is 21.0 Å². The smallest absolute Gasteiger partial charge is 0.194 e. The maximum atomic E-state index is 9.76. The zero-order chi connectivity index (χ0) is 95.0. The van der Waals surface area contributed by atoms with Gasteiger partial charge in [-0.3, -0.25) is 27.4 Å². The van der Waals surface area contributed by atoms with Crippen LogP contribution < -0.4 is 0 Å². The van der Waals surface area contributed by atoms with Crippen LogP contribution in [0.4, 0.5) is 5.69 Å². The van der Waals surface area contributed by atoms with Gasteiger partial charge in [-0.1, -0.05) is 273 Å². The highest BCUT2D eigenvalue weighted by atomic mass is 15.2. The number of para-hydroxylation sites is 11. The standard InChI is InChI=1S/C43H23N7.2C42H26N4/c44-24-27-12-16-30(17-13-27)36-8-5-9-37(47-36)31-22-42(49-38-10-3-1-6-32(38)33-7-2-4-11-39(33)49)48-43(23-31)50-40-18-14-28(25-45)20-34(40)35-21-29(26-46)15-19-41(35)50;1-43-36-20-7-2-15-31(36)29-14-12-13-28(25-29)30-26-41(45-37-21-8-3-16-32(37)33-17-4-9-22-38(33)45)44-42(27-30)46-39-23-10-5-18-34(39)35-19-6-11-24-40(35)46;43-27-28-11-9-12-29(23-28)30-13-10-14-31(24-30)32-25-41(45-37-19-5-1-15-33(37)34-16-2-6-20-38(34)45)44-42(26-32)46-39-21-7-3-17-35(39)36-18-4-8-22-40(36)46/h1-23H;2-27H;1-26H. The van der Waals surface area contributed by atoms with E-state index in [1.807, 2.05) is 127 Å². The van der Waals surface area contributed by atoms with Gasteiger partial charge < -0.3 is 0 Å². The topological polar surface area (TPSA) is 181 Å². The second-order valence-electron chi connectivity index (χ2n) is 35.2. The van der Waals surface area contributed by atoms with Gasteiger partial charge in [0.2, 0.25) is 0 Å². The third-order valence-corrected chi connectivity index (χ3v) is 27.1. The highest BCUT2D eigenvalue weighted by Gasteiger charge is 2.26. The van der Waals surface area contributed by atoms with Gasteiger partial charge in [0, 0.05) is 75.8 Å². The minimum Gasteiger partial charge on any atom is -0.294 e. The zero-order valence-electron chi connectivity index (χ0n) is 76.0. The molecule has 0 aliphatic rings. The molecule has 0 aliphatic heterocycles. The number of hydrogen-bond acceptors (Lipinski definition) is 8. The molecule has 0 fully saturated rings. The Labute approximate surface area is 814 Å². The van der Waals surface area contributed by atoms with Crippen LogP contribution in [0.15, 0.2) is 455 Å². The Kier molecular flexibility index (Phi) is 20.4. The van der Waals surface area contributed by atoms with E-state index in [1.165, 1.54) is 43.1 Å². The lowest BCUT2D eigenvalue weighted by molar-refractivity contribution is 1.01. The molecule has 0 aliphatic carbocycles. The van der Waals surface area contributed by atoms with Crippen LogP contribution in [0.3, 0.4) is 0 Å². The van der Waals surface area contributed by atoms with Gasteiger partial charge in [-0.05, 0) is 226 Å². The van der Waals surface area contributed by atoms with E-state index in [2.05, 4.69) is 372 Å². The Balaban J connectivity index is 0.000000112. The SMILES string of the molecule is N#Cc1ccc(-c2cccc(-c3cc(-n4c5ccccc5c5ccccc54)nc(-n4c5ccc(C#N)cc5c5cc(C#N)ccc54)c3)n2)cc1.N#Cc1cccc(-c2cccc(-c3cc(-n4c5ccccc5c5ccccc54)nc(-n4c5ccccc5c5ccccc54)c3)c2)c1.[C-]#[N+]c1ccccc1-c1cccc(-c2cc(-n3c4ccccc4c4ccccc43)nc(-n3c4ccccc4c4ccccc43)c2)c1. The molecule has 15 nitrogen and oxygen atoms in total. The van der Waals surface area contributed by atoms with Crippen molar-refractivity contribution in [3.05, 3.63) is 489 Å². The molecule has 142 heavy (non-hydrogen) atoms. The maximum Gasteiger partial charge on any atom is 0.194 e. The number of aromatic nitrogens is 10. The summed E-state index contributed by atoms with van der Waals surface area (Å²) in [4.78, 5) is 25.1. The number of benzene rings is 17. The number of rotatable bonds is 12. The van der Waals surface area contributed by atoms with Crippen LogP contribution in [0.5, 0.6) is 0 Å². The average molecular weight is 1810 g/mol. The third kappa shape index (κ3) is 14.3. The molecule has 0 atom stereocenters. The molecular formula is C127H75N15. The van der Waals surface area contributed by atoms with Gasteiger partial charge in [0.25, 0.3) is 0 Å². The Morgan fingerprint density at radius 1 is 0.176 bits per heavy atom. The normalized spacial score (nSPS) is 11.3. The second kappa shape index (κ2) is 34.8. The van der Waals surface area contributed by atoms with Crippen molar-refractivity contribution in [2.24, 2.45) is 0 Å². The van der Waals surface area contributed by atoms with Crippen LogP contribution in [0.1, 0.15) is 22.3 Å². The van der Waals surface area contributed by atoms with Crippen molar-refractivity contribution in [3.8, 4) is 126 Å². The molecule has 17 aromatic carbocycles. The van der Waals surface area contributed by atoms with Crippen LogP contribution in [-0.2, 0) is 0 Å². The molecule has 0 saturated heterocycles. The molecule has 658 valence electrons. The summed E-state index contributed by atoms with van der Waals surface area (Å²) in [6.45, 7) is 7.74. The maximum absolute atomic E-state index is 9.76. The van der Waals surface area contributed by atoms with Crippen LogP contribution in [0, 0.1) is 51.9 Å². The number of fused-ring (bicyclic) bond motifs is 18. The fourth-order valence-corrected chi connectivity index (χ4v) is 20.7. The van der Waals surface area contributed by atoms with E-state index >= 15 is 0 Å².